The summed E-state index contributed by atoms with van der Waals surface area (Å²) in [6.45, 7) is 3.67. The van der Waals surface area contributed by atoms with Crippen LogP contribution in [0.3, 0.4) is 0 Å². The molecule has 1 heterocycles. The predicted molar refractivity (Wildman–Crippen MR) is 120 cm³/mol. The zero-order valence-electron chi connectivity index (χ0n) is 17.5. The highest BCUT2D eigenvalue weighted by Gasteiger charge is 2.29. The summed E-state index contributed by atoms with van der Waals surface area (Å²) < 4.78 is 57.9. The van der Waals surface area contributed by atoms with Crippen molar-refractivity contribution >= 4 is 33.4 Å². The minimum Gasteiger partial charge on any atom is -0.494 e. The molecule has 0 unspecified atom stereocenters. The van der Waals surface area contributed by atoms with Gasteiger partial charge in [0, 0.05) is 31.1 Å². The van der Waals surface area contributed by atoms with Gasteiger partial charge >= 0.3 is 0 Å². The minimum atomic E-state index is -3.63. The number of hydrogen-bond acceptors (Lipinski definition) is 6. The van der Waals surface area contributed by atoms with Gasteiger partial charge in [0.25, 0.3) is 5.76 Å². The first-order chi connectivity index (χ1) is 15.3. The van der Waals surface area contributed by atoms with Gasteiger partial charge in [-0.05, 0) is 43.3 Å². The molecule has 1 fully saturated rings. The number of alkyl halides is 2. The van der Waals surface area contributed by atoms with Crippen LogP contribution in [0.2, 0.25) is 0 Å². The van der Waals surface area contributed by atoms with Crippen LogP contribution < -0.4 is 10.1 Å². The third-order valence-corrected chi connectivity index (χ3v) is 7.55. The third-order valence-electron chi connectivity index (χ3n) is 4.85. The highest BCUT2D eigenvalue weighted by Crippen LogP contribution is 2.31. The molecular weight excluding hydrogens is 460 g/mol. The number of ether oxygens (including phenoxy) is 1. The number of benzene rings is 2. The van der Waals surface area contributed by atoms with Gasteiger partial charge in [0.1, 0.15) is 5.75 Å². The molecule has 11 heteroatoms. The van der Waals surface area contributed by atoms with E-state index in [0.717, 1.165) is 0 Å². The van der Waals surface area contributed by atoms with Crippen molar-refractivity contribution < 1.29 is 26.7 Å². The molecule has 0 saturated carbocycles. The maximum Gasteiger partial charge on any atom is 0.288 e. The maximum absolute atomic E-state index is 12.9. The van der Waals surface area contributed by atoms with Gasteiger partial charge < -0.3 is 10.1 Å². The molecule has 1 saturated heterocycles. The summed E-state index contributed by atoms with van der Waals surface area (Å²) in [7, 11) is -3.63. The second-order valence-electron chi connectivity index (χ2n) is 7.01. The van der Waals surface area contributed by atoms with E-state index < -0.39 is 15.8 Å². The molecule has 1 N–H and O–H groups in total. The predicted octanol–water partition coefficient (Wildman–Crippen LogP) is 3.35. The first-order valence-electron chi connectivity index (χ1n) is 10.1. The Balaban J connectivity index is 1.54. The van der Waals surface area contributed by atoms with E-state index in [1.54, 1.807) is 30.3 Å². The van der Waals surface area contributed by atoms with Crippen molar-refractivity contribution in [2.45, 2.75) is 22.5 Å². The van der Waals surface area contributed by atoms with Crippen LogP contribution in [-0.4, -0.2) is 68.6 Å². The van der Waals surface area contributed by atoms with E-state index in [1.165, 1.54) is 22.5 Å². The number of rotatable bonds is 9. The summed E-state index contributed by atoms with van der Waals surface area (Å²) in [6, 6.07) is 12.7. The van der Waals surface area contributed by atoms with Gasteiger partial charge in [-0.3, -0.25) is 9.69 Å². The quantitative estimate of drug-likeness (QED) is 0.549. The molecule has 1 aliphatic rings. The average molecular weight is 486 g/mol. The number of halogens is 2. The smallest absolute Gasteiger partial charge is 0.288 e. The fraction of sp³-hybridized carbons (Fsp3) is 0.381. The average Bonchev–Trinajstić information content (AvgIpc) is 2.76. The van der Waals surface area contributed by atoms with Crippen molar-refractivity contribution in [1.82, 2.24) is 9.21 Å². The number of carbonyl (C=O) groups excluding carboxylic acids is 1. The van der Waals surface area contributed by atoms with Crippen LogP contribution in [0.5, 0.6) is 5.75 Å². The van der Waals surface area contributed by atoms with Gasteiger partial charge in [-0.2, -0.15) is 13.1 Å². The Labute approximate surface area is 190 Å². The van der Waals surface area contributed by atoms with Gasteiger partial charge in [-0.15, -0.1) is 0 Å². The Morgan fingerprint density at radius 2 is 1.75 bits per heavy atom. The Morgan fingerprint density at radius 1 is 1.09 bits per heavy atom. The van der Waals surface area contributed by atoms with Crippen molar-refractivity contribution in [3.63, 3.8) is 0 Å². The van der Waals surface area contributed by atoms with Crippen LogP contribution in [0.1, 0.15) is 6.92 Å². The summed E-state index contributed by atoms with van der Waals surface area (Å²) in [5.41, 5.74) is 0.333. The lowest BCUT2D eigenvalue weighted by molar-refractivity contribution is -0.117. The normalized spacial score (nSPS) is 15.6. The van der Waals surface area contributed by atoms with Crippen LogP contribution in [0.25, 0.3) is 0 Å². The van der Waals surface area contributed by atoms with Crippen molar-refractivity contribution in [1.29, 1.82) is 0 Å². The molecule has 1 aliphatic heterocycles. The molecular formula is C21H25F2N3O4S2. The Morgan fingerprint density at radius 3 is 2.38 bits per heavy atom. The number of amides is 1. The second-order valence-corrected chi connectivity index (χ2v) is 9.98. The van der Waals surface area contributed by atoms with E-state index in [2.05, 4.69) is 5.32 Å². The van der Waals surface area contributed by atoms with E-state index in [4.69, 9.17) is 4.74 Å². The number of piperazine rings is 1. The number of carbonyl (C=O) groups is 1. The number of thioether (sulfide) groups is 1. The van der Waals surface area contributed by atoms with Crippen LogP contribution >= 0.6 is 11.8 Å². The first-order valence-corrected chi connectivity index (χ1v) is 12.4. The largest absolute Gasteiger partial charge is 0.494 e. The lowest BCUT2D eigenvalue weighted by atomic mass is 10.3. The molecule has 0 atom stereocenters. The molecule has 0 aromatic heterocycles. The number of para-hydroxylation sites is 1. The van der Waals surface area contributed by atoms with Crippen LogP contribution in [0.15, 0.2) is 58.3 Å². The monoisotopic (exact) mass is 485 g/mol. The molecule has 7 nitrogen and oxygen atoms in total. The molecule has 0 bridgehead atoms. The van der Waals surface area contributed by atoms with Gasteiger partial charge in [0.05, 0.1) is 23.7 Å². The number of hydrogen-bond donors (Lipinski definition) is 1. The Bertz CT molecular complexity index is 1010. The molecule has 2 aromatic rings. The summed E-state index contributed by atoms with van der Waals surface area (Å²) in [5.74, 6) is -2.32. The van der Waals surface area contributed by atoms with Crippen LogP contribution in [0.4, 0.5) is 14.5 Å². The highest BCUT2D eigenvalue weighted by molar-refractivity contribution is 7.99. The molecule has 32 heavy (non-hydrogen) atoms. The van der Waals surface area contributed by atoms with Gasteiger partial charge in [0.2, 0.25) is 15.9 Å². The first kappa shape index (κ1) is 24.4. The van der Waals surface area contributed by atoms with Crippen molar-refractivity contribution in [2.75, 3.05) is 44.6 Å². The van der Waals surface area contributed by atoms with Crippen LogP contribution in [0, 0.1) is 0 Å². The SMILES string of the molecule is CCOc1ccc(S(=O)(=O)N2CCN(CC(=O)Nc3ccccc3SC(F)F)CC2)cc1. The number of anilines is 1. The zero-order chi connectivity index (χ0) is 23.1. The van der Waals surface area contributed by atoms with Gasteiger partial charge in [0.15, 0.2) is 0 Å². The summed E-state index contributed by atoms with van der Waals surface area (Å²) >= 11 is 0.375. The summed E-state index contributed by atoms with van der Waals surface area (Å²) in [5, 5.41) is 2.67. The van der Waals surface area contributed by atoms with E-state index in [9.17, 15) is 22.0 Å². The molecule has 174 valence electrons. The molecule has 0 radical (unpaired) electrons. The Kier molecular flexibility index (Phi) is 8.46. The van der Waals surface area contributed by atoms with Crippen molar-refractivity contribution in [3.05, 3.63) is 48.5 Å². The lowest BCUT2D eigenvalue weighted by Gasteiger charge is -2.33. The lowest BCUT2D eigenvalue weighted by Crippen LogP contribution is -2.50. The van der Waals surface area contributed by atoms with E-state index in [1.807, 2.05) is 11.8 Å². The van der Waals surface area contributed by atoms with Gasteiger partial charge in [-0.1, -0.05) is 23.9 Å². The molecule has 3 rings (SSSR count). The molecule has 1 amide bonds. The number of sulfonamides is 1. The molecule has 0 aliphatic carbocycles. The minimum absolute atomic E-state index is 0.0463. The second kappa shape index (κ2) is 11.1. The third kappa shape index (κ3) is 6.41. The molecule has 2 aromatic carbocycles. The van der Waals surface area contributed by atoms with E-state index in [-0.39, 0.29) is 30.4 Å². The van der Waals surface area contributed by atoms with Crippen molar-refractivity contribution in [2.24, 2.45) is 0 Å². The van der Waals surface area contributed by atoms with Gasteiger partial charge in [-0.25, -0.2) is 8.42 Å². The number of nitrogens with zero attached hydrogens (tertiary/aromatic N) is 2. The zero-order valence-corrected chi connectivity index (χ0v) is 19.2. The maximum atomic E-state index is 12.9. The fourth-order valence-electron chi connectivity index (χ4n) is 3.31. The van der Waals surface area contributed by atoms with Crippen LogP contribution in [-0.2, 0) is 14.8 Å². The number of nitrogens with one attached hydrogen (secondary N) is 1. The van der Waals surface area contributed by atoms with Crippen molar-refractivity contribution in [3.8, 4) is 5.75 Å². The summed E-state index contributed by atoms with van der Waals surface area (Å²) in [4.78, 5) is 14.7. The van der Waals surface area contributed by atoms with E-state index in [0.29, 0.717) is 47.8 Å². The summed E-state index contributed by atoms with van der Waals surface area (Å²) in [6.07, 6.45) is 0. The van der Waals surface area contributed by atoms with E-state index >= 15 is 0 Å². The Hall–Kier alpha value is -2.21. The topological polar surface area (TPSA) is 79.0 Å². The standard InChI is InChI=1S/C21H25F2N3O4S2/c1-2-30-16-7-9-17(10-8-16)32(28,29)26-13-11-25(12-14-26)15-20(27)24-18-5-3-4-6-19(18)31-21(22)23/h3-10,21H,2,11-15H2,1H3,(H,24,27). The fourth-order valence-corrected chi connectivity index (χ4v) is 5.33. The molecule has 0 spiro atoms. The highest BCUT2D eigenvalue weighted by atomic mass is 32.2.